The number of hydrogen-bond acceptors (Lipinski definition) is 5. The van der Waals surface area contributed by atoms with Crippen molar-refractivity contribution in [2.75, 3.05) is 5.32 Å². The minimum atomic E-state index is -1.28. The molecule has 0 saturated carbocycles. The minimum Gasteiger partial charge on any atom is -0.508 e. The first kappa shape index (κ1) is 33.5. The van der Waals surface area contributed by atoms with Crippen LogP contribution in [0, 0.1) is 6.92 Å². The van der Waals surface area contributed by atoms with Gasteiger partial charge in [0.1, 0.15) is 23.4 Å². The van der Waals surface area contributed by atoms with Crippen LogP contribution in [-0.4, -0.2) is 45.1 Å². The van der Waals surface area contributed by atoms with Crippen molar-refractivity contribution in [2.45, 2.75) is 84.5 Å². The molecule has 0 radical (unpaired) electrons. The summed E-state index contributed by atoms with van der Waals surface area (Å²) in [5.41, 5.74) is 0.484. The van der Waals surface area contributed by atoms with Gasteiger partial charge in [0.15, 0.2) is 0 Å². The van der Waals surface area contributed by atoms with Crippen molar-refractivity contribution in [3.63, 3.8) is 0 Å². The molecule has 0 aliphatic carbocycles. The van der Waals surface area contributed by atoms with Crippen molar-refractivity contribution in [2.24, 2.45) is 0 Å². The van der Waals surface area contributed by atoms with Gasteiger partial charge in [-0.15, -0.1) is 0 Å². The highest BCUT2D eigenvalue weighted by molar-refractivity contribution is 6.34. The molecule has 3 amide bonds. The zero-order valence-electron chi connectivity index (χ0n) is 25.9. The number of para-hydroxylation sites is 2. The number of alkyl carbamates (subject to hydrolysis) is 1. The average Bonchev–Trinajstić information content (AvgIpc) is 2.93. The Morgan fingerprint density at radius 2 is 1.56 bits per heavy atom. The number of hydrogen-bond donors (Lipinski definition) is 3. The highest BCUT2D eigenvalue weighted by Crippen LogP contribution is 2.37. The number of carbonyl (C=O) groups excluding carboxylic acids is 3. The second-order valence-corrected chi connectivity index (χ2v) is 12.6. The van der Waals surface area contributed by atoms with Crippen molar-refractivity contribution >= 4 is 35.2 Å². The van der Waals surface area contributed by atoms with Crippen LogP contribution in [0.2, 0.25) is 5.02 Å². The predicted molar refractivity (Wildman–Crippen MR) is 170 cm³/mol. The average molecular weight is 608 g/mol. The Hall–Kier alpha value is -4.04. The summed E-state index contributed by atoms with van der Waals surface area (Å²) in [5.74, 6) is -1.23. The fraction of sp³-hybridized carbons (Fsp3) is 0.382. The number of carbonyl (C=O) groups is 3. The van der Waals surface area contributed by atoms with Crippen LogP contribution < -0.4 is 10.6 Å². The summed E-state index contributed by atoms with van der Waals surface area (Å²) in [5, 5.41) is 17.0. The lowest BCUT2D eigenvalue weighted by Gasteiger charge is -2.44. The Morgan fingerprint density at radius 1 is 0.930 bits per heavy atom. The largest absolute Gasteiger partial charge is 0.508 e. The SMILES string of the molecule is CCC(C)(C)N(C(=O)C(Cc1ccccc1)NC(=O)OC(C)(C)C)C(C(=O)Nc1c(C)cccc1Cl)c1ccccc1O. The lowest BCUT2D eigenvalue weighted by atomic mass is 9.90. The van der Waals surface area contributed by atoms with Gasteiger partial charge in [-0.05, 0) is 71.2 Å². The van der Waals surface area contributed by atoms with Crippen LogP contribution in [0.4, 0.5) is 10.5 Å². The van der Waals surface area contributed by atoms with Crippen LogP contribution >= 0.6 is 11.6 Å². The molecule has 2 atom stereocenters. The molecule has 230 valence electrons. The summed E-state index contributed by atoms with van der Waals surface area (Å²) in [7, 11) is 0. The van der Waals surface area contributed by atoms with E-state index < -0.39 is 41.1 Å². The molecule has 0 aliphatic heterocycles. The second-order valence-electron chi connectivity index (χ2n) is 12.1. The third-order valence-electron chi connectivity index (χ3n) is 7.23. The number of nitrogens with zero attached hydrogens (tertiary/aromatic N) is 1. The van der Waals surface area contributed by atoms with Gasteiger partial charge in [0.05, 0.1) is 10.7 Å². The summed E-state index contributed by atoms with van der Waals surface area (Å²) >= 11 is 6.46. The quantitative estimate of drug-likeness (QED) is 0.226. The molecule has 3 rings (SSSR count). The number of phenolic OH excluding ortho intramolecular Hbond substituents is 1. The maximum Gasteiger partial charge on any atom is 0.408 e. The molecule has 0 fully saturated rings. The summed E-state index contributed by atoms with van der Waals surface area (Å²) in [6.45, 7) is 12.6. The van der Waals surface area contributed by atoms with E-state index in [1.807, 2.05) is 64.1 Å². The number of benzene rings is 3. The van der Waals surface area contributed by atoms with Crippen molar-refractivity contribution in [3.05, 3.63) is 94.5 Å². The zero-order valence-corrected chi connectivity index (χ0v) is 26.7. The smallest absolute Gasteiger partial charge is 0.408 e. The molecule has 2 unspecified atom stereocenters. The van der Waals surface area contributed by atoms with Gasteiger partial charge in [0.2, 0.25) is 5.91 Å². The first-order valence-corrected chi connectivity index (χ1v) is 14.7. The molecule has 3 aromatic rings. The standard InChI is InChI=1S/C34H42ClN3O5/c1-8-34(6,7)38(31(41)26(21-23-16-10-9-11-17-23)36-32(42)43-33(3,4)5)29(24-18-12-13-20-27(24)39)30(40)37-28-22(2)15-14-19-25(28)35/h9-20,26,29,39H,8,21H2,1-7H3,(H,36,42)(H,37,40). The first-order chi connectivity index (χ1) is 20.1. The van der Waals surface area contributed by atoms with Gasteiger partial charge in [-0.25, -0.2) is 4.79 Å². The molecule has 8 nitrogen and oxygen atoms in total. The molecule has 9 heteroatoms. The zero-order chi connectivity index (χ0) is 31.9. The molecule has 3 N–H and O–H groups in total. The molecule has 3 aromatic carbocycles. The first-order valence-electron chi connectivity index (χ1n) is 14.3. The number of aryl methyl sites for hydroxylation is 1. The lowest BCUT2D eigenvalue weighted by Crippen LogP contribution is -2.59. The number of rotatable bonds is 10. The van der Waals surface area contributed by atoms with Crippen LogP contribution in [0.25, 0.3) is 0 Å². The fourth-order valence-electron chi connectivity index (χ4n) is 4.71. The van der Waals surface area contributed by atoms with E-state index in [1.54, 1.807) is 51.1 Å². The lowest BCUT2D eigenvalue weighted by molar-refractivity contribution is -0.147. The van der Waals surface area contributed by atoms with E-state index in [0.717, 1.165) is 11.1 Å². The van der Waals surface area contributed by atoms with Gasteiger partial charge < -0.3 is 25.4 Å². The van der Waals surface area contributed by atoms with Gasteiger partial charge in [0, 0.05) is 17.5 Å². The fourth-order valence-corrected chi connectivity index (χ4v) is 4.98. The molecule has 0 aliphatic rings. The van der Waals surface area contributed by atoms with E-state index in [0.29, 0.717) is 17.1 Å². The normalized spacial score (nSPS) is 13.0. The Labute approximate surface area is 259 Å². The van der Waals surface area contributed by atoms with Crippen LogP contribution in [0.3, 0.4) is 0 Å². The van der Waals surface area contributed by atoms with Crippen LogP contribution in [0.1, 0.15) is 70.7 Å². The Balaban J connectivity index is 2.18. The maximum atomic E-state index is 14.7. The number of aromatic hydroxyl groups is 1. The van der Waals surface area contributed by atoms with Crippen LogP contribution in [-0.2, 0) is 20.7 Å². The topological polar surface area (TPSA) is 108 Å². The number of nitrogens with one attached hydrogen (secondary N) is 2. The Morgan fingerprint density at radius 3 is 2.14 bits per heavy atom. The number of halogens is 1. The summed E-state index contributed by atoms with van der Waals surface area (Å²) in [4.78, 5) is 43.5. The highest BCUT2D eigenvalue weighted by atomic mass is 35.5. The second kappa shape index (κ2) is 14.0. The van der Waals surface area contributed by atoms with Gasteiger partial charge in [-0.3, -0.25) is 9.59 Å². The van der Waals surface area contributed by atoms with Gasteiger partial charge in [-0.2, -0.15) is 0 Å². The van der Waals surface area contributed by atoms with Crippen molar-refractivity contribution < 1.29 is 24.2 Å². The van der Waals surface area contributed by atoms with Gasteiger partial charge in [-0.1, -0.05) is 79.2 Å². The number of phenols is 1. The number of ether oxygens (including phenoxy) is 1. The molecular formula is C34H42ClN3O5. The molecule has 43 heavy (non-hydrogen) atoms. The highest BCUT2D eigenvalue weighted by Gasteiger charge is 2.44. The number of amides is 3. The maximum absolute atomic E-state index is 14.7. The van der Waals surface area contributed by atoms with Crippen molar-refractivity contribution in [1.82, 2.24) is 10.2 Å². The van der Waals surface area contributed by atoms with Crippen molar-refractivity contribution in [1.29, 1.82) is 0 Å². The summed E-state index contributed by atoms with van der Waals surface area (Å²) < 4.78 is 5.51. The monoisotopic (exact) mass is 607 g/mol. The van der Waals surface area contributed by atoms with E-state index in [2.05, 4.69) is 10.6 Å². The molecule has 0 bridgehead atoms. The Bertz CT molecular complexity index is 1420. The van der Waals surface area contributed by atoms with Gasteiger partial charge >= 0.3 is 6.09 Å². The number of anilines is 1. The molecule has 0 heterocycles. The molecule has 0 saturated heterocycles. The molecule has 0 aromatic heterocycles. The Kier molecular flexibility index (Phi) is 10.9. The van der Waals surface area contributed by atoms with E-state index in [9.17, 15) is 19.5 Å². The van der Waals surface area contributed by atoms with E-state index in [1.165, 1.54) is 11.0 Å². The van der Waals surface area contributed by atoms with E-state index in [-0.39, 0.29) is 17.7 Å². The van der Waals surface area contributed by atoms with Crippen molar-refractivity contribution in [3.8, 4) is 5.75 Å². The predicted octanol–water partition coefficient (Wildman–Crippen LogP) is 7.19. The third-order valence-corrected chi connectivity index (χ3v) is 7.55. The van der Waals surface area contributed by atoms with E-state index in [4.69, 9.17) is 16.3 Å². The minimum absolute atomic E-state index is 0.147. The summed E-state index contributed by atoms with van der Waals surface area (Å²) in [6.07, 6.45) is -0.147. The van der Waals surface area contributed by atoms with Gasteiger partial charge in [0.25, 0.3) is 5.91 Å². The molecular weight excluding hydrogens is 566 g/mol. The third kappa shape index (κ3) is 8.74. The summed E-state index contributed by atoms with van der Waals surface area (Å²) in [6, 6.07) is 18.6. The van der Waals surface area contributed by atoms with Crippen LogP contribution in [0.15, 0.2) is 72.8 Å². The van der Waals surface area contributed by atoms with E-state index >= 15 is 0 Å². The molecule has 0 spiro atoms. The van der Waals surface area contributed by atoms with Crippen LogP contribution in [0.5, 0.6) is 5.75 Å².